The molecule has 3 rings (SSSR count). The normalized spacial score (nSPS) is 16.7. The summed E-state index contributed by atoms with van der Waals surface area (Å²) in [4.78, 5) is 29.0. The zero-order valence-corrected chi connectivity index (χ0v) is 17.1. The summed E-state index contributed by atoms with van der Waals surface area (Å²) < 4.78 is 6.56. The Kier molecular flexibility index (Phi) is 6.62. The largest absolute Gasteiger partial charge is 0.490 e. The van der Waals surface area contributed by atoms with E-state index in [0.29, 0.717) is 40.4 Å². The highest BCUT2D eigenvalue weighted by Gasteiger charge is 2.31. The molecule has 2 aromatic rings. The predicted molar refractivity (Wildman–Crippen MR) is 106 cm³/mol. The summed E-state index contributed by atoms with van der Waals surface area (Å²) in [6.07, 6.45) is 1.27. The van der Waals surface area contributed by atoms with Crippen molar-refractivity contribution >= 4 is 46.6 Å². The van der Waals surface area contributed by atoms with E-state index in [1.165, 1.54) is 28.5 Å². The number of halogens is 1. The minimum absolute atomic E-state index is 0.0144. The van der Waals surface area contributed by atoms with Gasteiger partial charge >= 0.3 is 5.97 Å². The lowest BCUT2D eigenvalue weighted by Crippen LogP contribution is -2.38. The molecule has 1 amide bonds. The molecule has 144 valence electrons. The van der Waals surface area contributed by atoms with Crippen molar-refractivity contribution in [2.45, 2.75) is 30.1 Å². The van der Waals surface area contributed by atoms with Crippen molar-refractivity contribution < 1.29 is 19.4 Å². The number of aromatic carboxylic acids is 1. The third-order valence-electron chi connectivity index (χ3n) is 4.23. The second kappa shape index (κ2) is 8.95. The van der Waals surface area contributed by atoms with Gasteiger partial charge < -0.3 is 14.7 Å². The minimum atomic E-state index is -1.03. The molecule has 0 radical (unpaired) electrons. The zero-order valence-electron chi connectivity index (χ0n) is 14.7. The number of ether oxygens (including phenoxy) is 1. The van der Waals surface area contributed by atoms with Crippen molar-refractivity contribution in [1.29, 1.82) is 0 Å². The molecule has 0 saturated carbocycles. The molecule has 9 heteroatoms. The van der Waals surface area contributed by atoms with E-state index in [1.54, 1.807) is 6.07 Å². The van der Waals surface area contributed by atoms with Crippen LogP contribution in [0.2, 0.25) is 5.02 Å². The molecule has 1 aromatic heterocycles. The average molecular weight is 427 g/mol. The van der Waals surface area contributed by atoms with Crippen LogP contribution in [-0.2, 0) is 4.79 Å². The maximum atomic E-state index is 12.2. The van der Waals surface area contributed by atoms with Gasteiger partial charge in [-0.15, -0.1) is 11.3 Å². The van der Waals surface area contributed by atoms with Crippen molar-refractivity contribution in [2.24, 2.45) is 0 Å². The average Bonchev–Trinajstić information content (AvgIpc) is 3.24. The van der Waals surface area contributed by atoms with E-state index in [1.807, 2.05) is 24.0 Å². The highest BCUT2D eigenvalue weighted by atomic mass is 35.5. The monoisotopic (exact) mass is 426 g/mol. The van der Waals surface area contributed by atoms with Crippen LogP contribution in [0, 0.1) is 6.92 Å². The van der Waals surface area contributed by atoms with Gasteiger partial charge in [0, 0.05) is 24.1 Å². The third-order valence-corrected chi connectivity index (χ3v) is 6.54. The fourth-order valence-electron chi connectivity index (χ4n) is 2.83. The van der Waals surface area contributed by atoms with Gasteiger partial charge in [0.1, 0.15) is 12.4 Å². The molecule has 27 heavy (non-hydrogen) atoms. The van der Waals surface area contributed by atoms with Gasteiger partial charge in [-0.2, -0.15) is 0 Å². The number of hydrogen-bond acceptors (Lipinski definition) is 6. The van der Waals surface area contributed by atoms with Crippen molar-refractivity contribution in [2.75, 3.05) is 18.9 Å². The molecule has 1 fully saturated rings. The number of carbonyl (C=O) groups excluding carboxylic acids is 1. The van der Waals surface area contributed by atoms with Gasteiger partial charge in [0.15, 0.2) is 10.0 Å². The molecule has 0 bridgehead atoms. The van der Waals surface area contributed by atoms with E-state index in [4.69, 9.17) is 21.4 Å². The van der Waals surface area contributed by atoms with Gasteiger partial charge in [-0.25, -0.2) is 9.78 Å². The Hall–Kier alpha value is -1.77. The van der Waals surface area contributed by atoms with E-state index in [-0.39, 0.29) is 17.6 Å². The fourth-order valence-corrected chi connectivity index (χ4v) is 4.82. The molecule has 1 N–H and O–H groups in total. The lowest BCUT2D eigenvalue weighted by Gasteiger charge is -2.25. The number of hydrogen-bond donors (Lipinski definition) is 1. The molecule has 1 saturated heterocycles. The lowest BCUT2D eigenvalue weighted by molar-refractivity contribution is -0.129. The molecule has 1 atom stereocenters. The number of nitrogens with zero attached hydrogens (tertiary/aromatic N) is 2. The Balaban J connectivity index is 1.52. The first-order valence-electron chi connectivity index (χ1n) is 8.44. The van der Waals surface area contributed by atoms with E-state index >= 15 is 0 Å². The first-order chi connectivity index (χ1) is 12.9. The summed E-state index contributed by atoms with van der Waals surface area (Å²) in [7, 11) is 0. The van der Waals surface area contributed by atoms with Crippen LogP contribution >= 0.6 is 34.7 Å². The third kappa shape index (κ3) is 5.15. The van der Waals surface area contributed by atoms with Crippen LogP contribution in [0.5, 0.6) is 5.75 Å². The minimum Gasteiger partial charge on any atom is -0.490 e. The maximum absolute atomic E-state index is 12.2. The van der Waals surface area contributed by atoms with Crippen molar-refractivity contribution in [1.82, 2.24) is 9.88 Å². The van der Waals surface area contributed by atoms with Crippen LogP contribution in [0.1, 0.15) is 28.9 Å². The molecule has 0 aliphatic carbocycles. The molecule has 1 aromatic carbocycles. The second-order valence-corrected chi connectivity index (χ2v) is 8.78. The number of amides is 1. The van der Waals surface area contributed by atoms with Gasteiger partial charge in [-0.3, -0.25) is 4.79 Å². The summed E-state index contributed by atoms with van der Waals surface area (Å²) in [5, 5.41) is 11.0. The number of aromatic nitrogens is 1. The number of aryl methyl sites for hydroxylation is 1. The quantitative estimate of drug-likeness (QED) is 0.643. The van der Waals surface area contributed by atoms with Gasteiger partial charge in [-0.05, 0) is 31.0 Å². The molecule has 1 unspecified atom stereocenters. The molecule has 2 heterocycles. The number of likely N-dealkylation sites (tertiary alicyclic amines) is 1. The Labute approximate surface area is 170 Å². The van der Waals surface area contributed by atoms with Crippen LogP contribution in [0.15, 0.2) is 27.9 Å². The number of carboxylic acid groups (broad SMARTS) is 1. The molecular formula is C18H19ClN2O4S2. The Morgan fingerprint density at radius 2 is 2.33 bits per heavy atom. The van der Waals surface area contributed by atoms with Crippen LogP contribution in [0.4, 0.5) is 0 Å². The second-order valence-electron chi connectivity index (χ2n) is 6.18. The van der Waals surface area contributed by atoms with Gasteiger partial charge in [0.05, 0.1) is 11.1 Å². The number of benzene rings is 1. The number of carboxylic acids is 1. The van der Waals surface area contributed by atoms with Crippen molar-refractivity contribution in [3.8, 4) is 5.75 Å². The standard InChI is InChI=1S/C18H19ClN2O4S2/c1-11-2-4-13(19)15(8-11)25-9-12-3-5-16(22)21(12)6-7-26-18-20-14(10-27-18)17(23)24/h2,4,8,10,12H,3,5-7,9H2,1H3,(H,23,24). The highest BCUT2D eigenvalue weighted by molar-refractivity contribution is 8.01. The maximum Gasteiger partial charge on any atom is 0.355 e. The van der Waals surface area contributed by atoms with Crippen LogP contribution < -0.4 is 4.74 Å². The van der Waals surface area contributed by atoms with Gasteiger partial charge in [-0.1, -0.05) is 29.4 Å². The van der Waals surface area contributed by atoms with Crippen LogP contribution in [-0.4, -0.2) is 51.8 Å². The van der Waals surface area contributed by atoms with E-state index in [9.17, 15) is 9.59 Å². The summed E-state index contributed by atoms with van der Waals surface area (Å²) >= 11 is 8.92. The number of thioether (sulfide) groups is 1. The van der Waals surface area contributed by atoms with E-state index < -0.39 is 5.97 Å². The molecule has 6 nitrogen and oxygen atoms in total. The fraction of sp³-hybridized carbons (Fsp3) is 0.389. The Bertz CT molecular complexity index is 843. The zero-order chi connectivity index (χ0) is 19.4. The summed E-state index contributed by atoms with van der Waals surface area (Å²) in [6.45, 7) is 2.95. The van der Waals surface area contributed by atoms with Gasteiger partial charge in [0.2, 0.25) is 5.91 Å². The Morgan fingerprint density at radius 3 is 3.07 bits per heavy atom. The number of rotatable bonds is 8. The van der Waals surface area contributed by atoms with Crippen molar-refractivity contribution in [3.05, 3.63) is 39.9 Å². The summed E-state index contributed by atoms with van der Waals surface area (Å²) in [5.41, 5.74) is 1.12. The highest BCUT2D eigenvalue weighted by Crippen LogP contribution is 2.28. The van der Waals surface area contributed by atoms with Crippen LogP contribution in [0.25, 0.3) is 0 Å². The van der Waals surface area contributed by atoms with Crippen LogP contribution in [0.3, 0.4) is 0 Å². The number of carbonyl (C=O) groups is 2. The van der Waals surface area contributed by atoms with E-state index in [0.717, 1.165) is 12.0 Å². The lowest BCUT2D eigenvalue weighted by atomic mass is 10.2. The summed E-state index contributed by atoms with van der Waals surface area (Å²) in [5.74, 6) is 0.374. The SMILES string of the molecule is Cc1ccc(Cl)c(OCC2CCC(=O)N2CCSc2nc(C(=O)O)cs2)c1. The molecule has 1 aliphatic rings. The first-order valence-corrected chi connectivity index (χ1v) is 10.7. The first kappa shape index (κ1) is 20.0. The summed E-state index contributed by atoms with van der Waals surface area (Å²) in [6, 6.07) is 5.63. The van der Waals surface area contributed by atoms with Gasteiger partial charge in [0.25, 0.3) is 0 Å². The van der Waals surface area contributed by atoms with Crippen molar-refractivity contribution in [3.63, 3.8) is 0 Å². The molecule has 1 aliphatic heterocycles. The molecular weight excluding hydrogens is 408 g/mol. The topological polar surface area (TPSA) is 79.7 Å². The predicted octanol–water partition coefficient (Wildman–Crippen LogP) is 3.97. The van der Waals surface area contributed by atoms with E-state index in [2.05, 4.69) is 4.98 Å². The Morgan fingerprint density at radius 1 is 1.52 bits per heavy atom. The molecule has 0 spiro atoms. The smallest absolute Gasteiger partial charge is 0.355 e. The number of thiazole rings is 1.